The monoisotopic (exact) mass is 360 g/mol. The molecule has 140 valence electrons. The van der Waals surface area contributed by atoms with Gasteiger partial charge in [0.2, 0.25) is 5.95 Å². The molecule has 3 rings (SSSR count). The quantitative estimate of drug-likeness (QED) is 0.549. The van der Waals surface area contributed by atoms with Crippen molar-refractivity contribution in [3.8, 4) is 0 Å². The second-order valence-corrected chi connectivity index (χ2v) is 6.97. The molecule has 1 N–H and O–H groups in total. The number of anilines is 2. The molecule has 4 heteroatoms. The second kappa shape index (κ2) is 9.72. The van der Waals surface area contributed by atoms with Crippen LogP contribution in [-0.4, -0.2) is 22.6 Å². The first kappa shape index (κ1) is 18.9. The van der Waals surface area contributed by atoms with Gasteiger partial charge in [-0.3, -0.25) is 0 Å². The molecule has 0 bridgehead atoms. The summed E-state index contributed by atoms with van der Waals surface area (Å²) in [5, 5.41) is 3.44. The molecule has 0 saturated heterocycles. The van der Waals surface area contributed by atoms with E-state index in [1.54, 1.807) is 0 Å². The van der Waals surface area contributed by atoms with Gasteiger partial charge in [-0.25, -0.2) is 4.98 Å². The zero-order valence-corrected chi connectivity index (χ0v) is 16.2. The Kier molecular flexibility index (Phi) is 6.80. The topological polar surface area (TPSA) is 41.1 Å². The molecule has 0 fully saturated rings. The van der Waals surface area contributed by atoms with E-state index in [9.17, 15) is 0 Å². The number of hydrogen-bond donors (Lipinski definition) is 1. The predicted molar refractivity (Wildman–Crippen MR) is 113 cm³/mol. The Bertz CT molecular complexity index is 803. The standard InChI is InChI=1S/C23H28N4/c1-19(2)27(18-21-12-7-4-8-13-21)23-25-17-15-22(26-23)24-16-9-14-20-10-5-3-6-11-20/h3-8,10-13,15,17,19H,9,14,16,18H2,1-2H3,(H,24,25,26). The van der Waals surface area contributed by atoms with E-state index in [1.165, 1.54) is 11.1 Å². The van der Waals surface area contributed by atoms with Crippen LogP contribution in [0.3, 0.4) is 0 Å². The Hall–Kier alpha value is -2.88. The van der Waals surface area contributed by atoms with Crippen molar-refractivity contribution in [2.45, 2.75) is 39.3 Å². The van der Waals surface area contributed by atoms with Crippen LogP contribution in [-0.2, 0) is 13.0 Å². The number of nitrogens with one attached hydrogen (secondary N) is 1. The van der Waals surface area contributed by atoms with Crippen LogP contribution >= 0.6 is 0 Å². The van der Waals surface area contributed by atoms with Crippen LogP contribution in [0.25, 0.3) is 0 Å². The molecular formula is C23H28N4. The van der Waals surface area contributed by atoms with Gasteiger partial charge >= 0.3 is 0 Å². The van der Waals surface area contributed by atoms with Gasteiger partial charge in [0, 0.05) is 25.3 Å². The molecule has 0 unspecified atom stereocenters. The van der Waals surface area contributed by atoms with Crippen molar-refractivity contribution in [2.24, 2.45) is 0 Å². The third kappa shape index (κ3) is 5.81. The summed E-state index contributed by atoms with van der Waals surface area (Å²) in [6.45, 7) is 6.04. The largest absolute Gasteiger partial charge is 0.370 e. The highest BCUT2D eigenvalue weighted by molar-refractivity contribution is 5.42. The summed E-state index contributed by atoms with van der Waals surface area (Å²) >= 11 is 0. The van der Waals surface area contributed by atoms with Gasteiger partial charge in [-0.1, -0.05) is 60.7 Å². The molecule has 0 saturated carbocycles. The molecule has 0 aliphatic rings. The van der Waals surface area contributed by atoms with Crippen molar-refractivity contribution in [3.05, 3.63) is 84.1 Å². The molecule has 3 aromatic rings. The van der Waals surface area contributed by atoms with E-state index in [2.05, 4.69) is 83.6 Å². The minimum atomic E-state index is 0.318. The highest BCUT2D eigenvalue weighted by Gasteiger charge is 2.14. The van der Waals surface area contributed by atoms with Gasteiger partial charge in [-0.15, -0.1) is 0 Å². The highest BCUT2D eigenvalue weighted by atomic mass is 15.3. The zero-order valence-electron chi connectivity index (χ0n) is 16.2. The molecule has 0 radical (unpaired) electrons. The highest BCUT2D eigenvalue weighted by Crippen LogP contribution is 2.17. The summed E-state index contributed by atoms with van der Waals surface area (Å²) in [5.74, 6) is 1.65. The summed E-state index contributed by atoms with van der Waals surface area (Å²) in [6, 6.07) is 23.3. The van der Waals surface area contributed by atoms with Crippen LogP contribution in [0.4, 0.5) is 11.8 Å². The molecule has 4 nitrogen and oxygen atoms in total. The van der Waals surface area contributed by atoms with E-state index >= 15 is 0 Å². The summed E-state index contributed by atoms with van der Waals surface area (Å²) in [4.78, 5) is 11.5. The first-order valence-electron chi connectivity index (χ1n) is 9.64. The van der Waals surface area contributed by atoms with E-state index in [0.29, 0.717) is 6.04 Å². The Labute approximate surface area is 162 Å². The molecule has 0 spiro atoms. The Morgan fingerprint density at radius 2 is 1.56 bits per heavy atom. The first-order valence-corrected chi connectivity index (χ1v) is 9.64. The lowest BCUT2D eigenvalue weighted by molar-refractivity contribution is 0.660. The summed E-state index contributed by atoms with van der Waals surface area (Å²) in [5.41, 5.74) is 2.63. The van der Waals surface area contributed by atoms with Crippen molar-refractivity contribution < 1.29 is 0 Å². The first-order chi connectivity index (χ1) is 13.2. The molecular weight excluding hydrogens is 332 g/mol. The smallest absolute Gasteiger partial charge is 0.227 e. The van der Waals surface area contributed by atoms with Gasteiger partial charge in [0.05, 0.1) is 0 Å². The maximum Gasteiger partial charge on any atom is 0.227 e. The minimum absolute atomic E-state index is 0.318. The van der Waals surface area contributed by atoms with E-state index < -0.39 is 0 Å². The molecule has 0 atom stereocenters. The molecule has 2 aromatic carbocycles. The van der Waals surface area contributed by atoms with Crippen molar-refractivity contribution in [2.75, 3.05) is 16.8 Å². The van der Waals surface area contributed by atoms with Crippen molar-refractivity contribution in [1.29, 1.82) is 0 Å². The average Bonchev–Trinajstić information content (AvgIpc) is 2.71. The predicted octanol–water partition coefficient (Wildman–Crippen LogP) is 4.94. The van der Waals surface area contributed by atoms with Gasteiger partial charge in [0.25, 0.3) is 0 Å². The summed E-state index contributed by atoms with van der Waals surface area (Å²) in [7, 11) is 0. The molecule has 27 heavy (non-hydrogen) atoms. The van der Waals surface area contributed by atoms with Crippen molar-refractivity contribution in [3.63, 3.8) is 0 Å². The molecule has 0 amide bonds. The van der Waals surface area contributed by atoms with Crippen LogP contribution in [0.15, 0.2) is 72.9 Å². The maximum atomic E-state index is 4.74. The maximum absolute atomic E-state index is 4.74. The zero-order chi connectivity index (χ0) is 18.9. The van der Waals surface area contributed by atoms with Gasteiger partial charge in [0.15, 0.2) is 0 Å². The number of nitrogens with zero attached hydrogens (tertiary/aromatic N) is 3. The fourth-order valence-electron chi connectivity index (χ4n) is 3.00. The van der Waals surface area contributed by atoms with Crippen LogP contribution in [0, 0.1) is 0 Å². The molecule has 0 aliphatic carbocycles. The fourth-order valence-corrected chi connectivity index (χ4v) is 3.00. The Morgan fingerprint density at radius 3 is 2.22 bits per heavy atom. The van der Waals surface area contributed by atoms with Gasteiger partial charge < -0.3 is 10.2 Å². The number of hydrogen-bond acceptors (Lipinski definition) is 4. The third-order valence-electron chi connectivity index (χ3n) is 4.51. The number of aromatic nitrogens is 2. The van der Waals surface area contributed by atoms with Gasteiger partial charge in [0.1, 0.15) is 5.82 Å². The second-order valence-electron chi connectivity index (χ2n) is 6.97. The van der Waals surface area contributed by atoms with Crippen LogP contribution in [0.2, 0.25) is 0 Å². The molecule has 0 aliphatic heterocycles. The number of aryl methyl sites for hydroxylation is 1. The van der Waals surface area contributed by atoms with Crippen LogP contribution < -0.4 is 10.2 Å². The van der Waals surface area contributed by atoms with E-state index in [4.69, 9.17) is 4.98 Å². The van der Waals surface area contributed by atoms with E-state index in [0.717, 1.165) is 37.7 Å². The van der Waals surface area contributed by atoms with Gasteiger partial charge in [-0.05, 0) is 43.9 Å². The Morgan fingerprint density at radius 1 is 0.889 bits per heavy atom. The Balaban J connectivity index is 1.59. The summed E-state index contributed by atoms with van der Waals surface area (Å²) < 4.78 is 0. The fraction of sp³-hybridized carbons (Fsp3) is 0.304. The van der Waals surface area contributed by atoms with Gasteiger partial charge in [-0.2, -0.15) is 4.98 Å². The lowest BCUT2D eigenvalue weighted by atomic mass is 10.1. The summed E-state index contributed by atoms with van der Waals surface area (Å²) in [6.07, 6.45) is 3.97. The molecule has 1 aromatic heterocycles. The molecule has 1 heterocycles. The third-order valence-corrected chi connectivity index (χ3v) is 4.51. The lowest BCUT2D eigenvalue weighted by Gasteiger charge is -2.27. The lowest BCUT2D eigenvalue weighted by Crippen LogP contribution is -2.31. The number of rotatable bonds is 9. The van der Waals surface area contributed by atoms with E-state index in [1.807, 2.05) is 18.3 Å². The van der Waals surface area contributed by atoms with Crippen LogP contribution in [0.5, 0.6) is 0 Å². The normalized spacial score (nSPS) is 10.8. The minimum Gasteiger partial charge on any atom is -0.370 e. The van der Waals surface area contributed by atoms with Crippen LogP contribution in [0.1, 0.15) is 31.4 Å². The van der Waals surface area contributed by atoms with Crippen molar-refractivity contribution in [1.82, 2.24) is 9.97 Å². The SMILES string of the molecule is CC(C)N(Cc1ccccc1)c1nccc(NCCCc2ccccc2)n1. The number of benzene rings is 2. The van der Waals surface area contributed by atoms with Crippen molar-refractivity contribution >= 4 is 11.8 Å². The van der Waals surface area contributed by atoms with E-state index in [-0.39, 0.29) is 0 Å². The average molecular weight is 361 g/mol.